The van der Waals surface area contributed by atoms with Gasteiger partial charge in [0.25, 0.3) is 5.91 Å². The Hall–Kier alpha value is -2.89. The predicted octanol–water partition coefficient (Wildman–Crippen LogP) is 2.43. The summed E-state index contributed by atoms with van der Waals surface area (Å²) in [6, 6.07) is 9.90. The van der Waals surface area contributed by atoms with Gasteiger partial charge in [0.15, 0.2) is 0 Å². The van der Waals surface area contributed by atoms with Gasteiger partial charge in [-0.15, -0.1) is 0 Å². The van der Waals surface area contributed by atoms with E-state index in [1.165, 1.54) is 0 Å². The molecule has 1 aliphatic rings. The van der Waals surface area contributed by atoms with Crippen molar-refractivity contribution in [3.63, 3.8) is 0 Å². The van der Waals surface area contributed by atoms with E-state index in [-0.39, 0.29) is 11.9 Å². The molecule has 0 saturated carbocycles. The normalized spacial score (nSPS) is 17.1. The van der Waals surface area contributed by atoms with Crippen LogP contribution in [-0.4, -0.2) is 42.7 Å². The Morgan fingerprint density at radius 3 is 2.92 bits per heavy atom. The molecule has 1 saturated heterocycles. The lowest BCUT2D eigenvalue weighted by Crippen LogP contribution is -2.39. The Kier molecular flexibility index (Phi) is 4.33. The number of aromatic nitrogens is 4. The van der Waals surface area contributed by atoms with Crippen LogP contribution in [0.5, 0.6) is 0 Å². The third kappa shape index (κ3) is 3.33. The lowest BCUT2D eigenvalue weighted by molar-refractivity contribution is 0.0711. The Balaban J connectivity index is 1.51. The van der Waals surface area contributed by atoms with Crippen LogP contribution in [0.1, 0.15) is 28.9 Å². The molecule has 1 aliphatic heterocycles. The van der Waals surface area contributed by atoms with E-state index >= 15 is 0 Å². The third-order valence-corrected chi connectivity index (χ3v) is 4.72. The molecule has 0 N–H and O–H groups in total. The molecule has 0 aromatic carbocycles. The number of carbonyl (C=O) groups excluding carboxylic acids is 1. The highest BCUT2D eigenvalue weighted by Gasteiger charge is 2.31. The maximum atomic E-state index is 13.1. The molecule has 1 fully saturated rings. The predicted molar refractivity (Wildman–Crippen MR) is 94.1 cm³/mol. The fourth-order valence-electron chi connectivity index (χ4n) is 3.50. The van der Waals surface area contributed by atoms with E-state index in [0.29, 0.717) is 6.54 Å². The lowest BCUT2D eigenvalue weighted by atomic mass is 10.2. The number of hydrogen-bond donors (Lipinski definition) is 0. The van der Waals surface area contributed by atoms with Gasteiger partial charge < -0.3 is 9.47 Å². The van der Waals surface area contributed by atoms with Crippen LogP contribution < -0.4 is 0 Å². The molecular weight excluding hydrogens is 314 g/mol. The number of carbonyl (C=O) groups is 1. The summed E-state index contributed by atoms with van der Waals surface area (Å²) in [5.41, 5.74) is 1.82. The Morgan fingerprint density at radius 2 is 2.12 bits per heavy atom. The van der Waals surface area contributed by atoms with Gasteiger partial charge in [0.1, 0.15) is 5.69 Å². The second kappa shape index (κ2) is 6.93. The Bertz CT molecular complexity index is 825. The van der Waals surface area contributed by atoms with Crippen molar-refractivity contribution < 1.29 is 4.79 Å². The van der Waals surface area contributed by atoms with Crippen LogP contribution in [0.25, 0.3) is 0 Å². The highest BCUT2D eigenvalue weighted by atomic mass is 16.2. The van der Waals surface area contributed by atoms with Crippen LogP contribution in [0.4, 0.5) is 0 Å². The van der Waals surface area contributed by atoms with Gasteiger partial charge in [0, 0.05) is 44.1 Å². The zero-order valence-electron chi connectivity index (χ0n) is 14.0. The topological polar surface area (TPSA) is 56.0 Å². The Morgan fingerprint density at radius 1 is 1.16 bits per heavy atom. The quantitative estimate of drug-likeness (QED) is 0.719. The summed E-state index contributed by atoms with van der Waals surface area (Å²) in [7, 11) is 0. The van der Waals surface area contributed by atoms with Crippen molar-refractivity contribution in [2.75, 3.05) is 6.54 Å². The first kappa shape index (κ1) is 15.6. The molecule has 4 rings (SSSR count). The van der Waals surface area contributed by atoms with Crippen LogP contribution in [0.3, 0.4) is 0 Å². The molecule has 0 bridgehead atoms. The van der Waals surface area contributed by atoms with Crippen LogP contribution in [0.15, 0.2) is 61.3 Å². The van der Waals surface area contributed by atoms with E-state index < -0.39 is 0 Å². The first-order chi connectivity index (χ1) is 12.3. The average molecular weight is 335 g/mol. The molecule has 128 valence electrons. The molecule has 0 spiro atoms. The molecule has 6 nitrogen and oxygen atoms in total. The second-order valence-electron chi connectivity index (χ2n) is 6.41. The monoisotopic (exact) mass is 335 g/mol. The maximum absolute atomic E-state index is 13.1. The highest BCUT2D eigenvalue weighted by Crippen LogP contribution is 2.22. The zero-order valence-corrected chi connectivity index (χ0v) is 14.0. The van der Waals surface area contributed by atoms with E-state index in [4.69, 9.17) is 0 Å². The highest BCUT2D eigenvalue weighted by molar-refractivity contribution is 5.93. The number of rotatable bonds is 5. The van der Waals surface area contributed by atoms with Gasteiger partial charge >= 0.3 is 0 Å². The zero-order chi connectivity index (χ0) is 17.1. The van der Waals surface area contributed by atoms with Crippen molar-refractivity contribution in [2.45, 2.75) is 32.0 Å². The smallest absolute Gasteiger partial charge is 0.270 e. The molecule has 1 unspecified atom stereocenters. The van der Waals surface area contributed by atoms with Crippen molar-refractivity contribution in [1.82, 2.24) is 24.2 Å². The molecule has 0 radical (unpaired) electrons. The summed E-state index contributed by atoms with van der Waals surface area (Å²) in [6.07, 6.45) is 11.3. The van der Waals surface area contributed by atoms with Crippen molar-refractivity contribution in [3.05, 3.63) is 72.6 Å². The van der Waals surface area contributed by atoms with Gasteiger partial charge in [-0.1, -0.05) is 6.07 Å². The molecule has 4 heterocycles. The SMILES string of the molecule is O=C(c1cccn1Cc1cccnc1)N1CCCC1Cn1cccn1. The molecular formula is C19H21N5O. The molecule has 6 heteroatoms. The van der Waals surface area contributed by atoms with Crippen LogP contribution in [0, 0.1) is 0 Å². The summed E-state index contributed by atoms with van der Waals surface area (Å²) in [6.45, 7) is 2.21. The Labute approximate surface area is 146 Å². The first-order valence-electron chi connectivity index (χ1n) is 8.64. The fourth-order valence-corrected chi connectivity index (χ4v) is 3.50. The largest absolute Gasteiger partial charge is 0.339 e. The molecule has 25 heavy (non-hydrogen) atoms. The molecule has 3 aromatic rings. The summed E-state index contributed by atoms with van der Waals surface area (Å²) >= 11 is 0. The maximum Gasteiger partial charge on any atom is 0.270 e. The first-order valence-corrected chi connectivity index (χ1v) is 8.64. The summed E-state index contributed by atoms with van der Waals surface area (Å²) in [5, 5.41) is 4.28. The van der Waals surface area contributed by atoms with Gasteiger partial charge in [0.05, 0.1) is 12.6 Å². The van der Waals surface area contributed by atoms with Gasteiger partial charge in [-0.2, -0.15) is 5.10 Å². The van der Waals surface area contributed by atoms with Crippen LogP contribution in [-0.2, 0) is 13.1 Å². The van der Waals surface area contributed by atoms with Gasteiger partial charge in [-0.25, -0.2) is 0 Å². The van der Waals surface area contributed by atoms with Crippen molar-refractivity contribution in [1.29, 1.82) is 0 Å². The number of likely N-dealkylation sites (tertiary alicyclic amines) is 1. The fraction of sp³-hybridized carbons (Fsp3) is 0.316. The summed E-state index contributed by atoms with van der Waals surface area (Å²) < 4.78 is 3.91. The lowest BCUT2D eigenvalue weighted by Gasteiger charge is -2.25. The van der Waals surface area contributed by atoms with Gasteiger partial charge in [-0.3, -0.25) is 14.5 Å². The molecule has 1 amide bonds. The average Bonchev–Trinajstić information content (AvgIpc) is 3.38. The van der Waals surface area contributed by atoms with Gasteiger partial charge in [0.2, 0.25) is 0 Å². The molecule has 3 aromatic heterocycles. The second-order valence-corrected chi connectivity index (χ2v) is 6.41. The molecule has 1 atom stereocenters. The molecule has 0 aliphatic carbocycles. The van der Waals surface area contributed by atoms with E-state index in [2.05, 4.69) is 10.1 Å². The number of amides is 1. The number of pyridine rings is 1. The summed E-state index contributed by atoms with van der Waals surface area (Å²) in [4.78, 5) is 19.3. The van der Waals surface area contributed by atoms with Gasteiger partial charge in [-0.05, 0) is 42.7 Å². The van der Waals surface area contributed by atoms with E-state index in [9.17, 15) is 4.79 Å². The van der Waals surface area contributed by atoms with Crippen LogP contribution >= 0.6 is 0 Å². The van der Waals surface area contributed by atoms with E-state index in [0.717, 1.165) is 37.2 Å². The number of nitrogens with zero attached hydrogens (tertiary/aromatic N) is 5. The minimum Gasteiger partial charge on any atom is -0.339 e. The van der Waals surface area contributed by atoms with Crippen LogP contribution in [0.2, 0.25) is 0 Å². The third-order valence-electron chi connectivity index (χ3n) is 4.72. The van der Waals surface area contributed by atoms with E-state index in [1.807, 2.05) is 63.1 Å². The van der Waals surface area contributed by atoms with Crippen molar-refractivity contribution in [3.8, 4) is 0 Å². The summed E-state index contributed by atoms with van der Waals surface area (Å²) in [5.74, 6) is 0.101. The standard InChI is InChI=1S/C19H21N5O/c25-19(24-12-2-6-17(24)15-23-11-4-9-21-23)18-7-3-10-22(18)14-16-5-1-8-20-13-16/h1,3-5,7-11,13,17H,2,6,12,14-15H2. The minimum atomic E-state index is 0.101. The van der Waals surface area contributed by atoms with E-state index in [1.54, 1.807) is 12.4 Å². The van der Waals surface area contributed by atoms with Crippen molar-refractivity contribution in [2.24, 2.45) is 0 Å². The number of hydrogen-bond acceptors (Lipinski definition) is 3. The minimum absolute atomic E-state index is 0.101. The van der Waals surface area contributed by atoms with Crippen molar-refractivity contribution >= 4 is 5.91 Å².